The van der Waals surface area contributed by atoms with Gasteiger partial charge in [-0.25, -0.2) is 14.6 Å². The largest absolute Gasteiger partial charge is 0.478 e. The fourth-order valence-electron chi connectivity index (χ4n) is 3.46. The molecule has 5 aromatic rings. The van der Waals surface area contributed by atoms with Gasteiger partial charge >= 0.3 is 12.0 Å². The van der Waals surface area contributed by atoms with E-state index in [9.17, 15) is 14.7 Å². The second-order valence-corrected chi connectivity index (χ2v) is 9.86. The van der Waals surface area contributed by atoms with Gasteiger partial charge in [-0.05, 0) is 30.3 Å². The maximum atomic E-state index is 12.3. The molecule has 3 heterocycles. The summed E-state index contributed by atoms with van der Waals surface area (Å²) in [6.45, 7) is 6.00. The van der Waals surface area contributed by atoms with E-state index in [-0.39, 0.29) is 11.0 Å². The van der Waals surface area contributed by atoms with Crippen molar-refractivity contribution in [2.45, 2.75) is 26.2 Å². The predicted octanol–water partition coefficient (Wildman–Crippen LogP) is 5.84. The van der Waals surface area contributed by atoms with Crippen LogP contribution in [0.15, 0.2) is 59.3 Å². The Morgan fingerprint density at radius 3 is 2.50 bits per heavy atom. The molecule has 5 rings (SSSR count). The molecular formula is C24H21N5O4S. The van der Waals surface area contributed by atoms with E-state index >= 15 is 0 Å². The Bertz CT molecular complexity index is 1540. The Hall–Kier alpha value is -4.18. The molecule has 0 saturated heterocycles. The van der Waals surface area contributed by atoms with Gasteiger partial charge in [-0.15, -0.1) is 0 Å². The average Bonchev–Trinajstić information content (AvgIpc) is 3.48. The Kier molecular flexibility index (Phi) is 5.09. The summed E-state index contributed by atoms with van der Waals surface area (Å²) in [5.41, 5.74) is 3.06. The molecule has 0 aliphatic heterocycles. The fourth-order valence-corrected chi connectivity index (χ4v) is 4.45. The number of anilines is 2. The van der Waals surface area contributed by atoms with Crippen molar-refractivity contribution in [1.29, 1.82) is 0 Å². The highest BCUT2D eigenvalue weighted by Gasteiger charge is 2.20. The lowest BCUT2D eigenvalue weighted by atomic mass is 9.93. The minimum atomic E-state index is -0.966. The molecule has 0 saturated carbocycles. The van der Waals surface area contributed by atoms with Crippen LogP contribution in [-0.2, 0) is 5.41 Å². The highest BCUT2D eigenvalue weighted by atomic mass is 32.1. The monoisotopic (exact) mass is 475 g/mol. The van der Waals surface area contributed by atoms with Gasteiger partial charge < -0.3 is 14.9 Å². The first-order valence-electron chi connectivity index (χ1n) is 10.5. The third kappa shape index (κ3) is 4.11. The third-order valence-electron chi connectivity index (χ3n) is 5.27. The van der Waals surface area contributed by atoms with Crippen LogP contribution in [0.5, 0.6) is 0 Å². The fraction of sp³-hybridized carbons (Fsp3) is 0.167. The topological polar surface area (TPSA) is 122 Å². The van der Waals surface area contributed by atoms with Crippen molar-refractivity contribution >= 4 is 50.0 Å². The van der Waals surface area contributed by atoms with E-state index < -0.39 is 12.0 Å². The van der Waals surface area contributed by atoms with Crippen LogP contribution in [0.2, 0.25) is 0 Å². The third-order valence-corrected chi connectivity index (χ3v) is 6.31. The highest BCUT2D eigenvalue weighted by Crippen LogP contribution is 2.30. The summed E-state index contributed by atoms with van der Waals surface area (Å²) in [5, 5.41) is 18.6. The van der Waals surface area contributed by atoms with E-state index in [4.69, 9.17) is 4.52 Å². The van der Waals surface area contributed by atoms with Gasteiger partial charge in [0, 0.05) is 28.9 Å². The van der Waals surface area contributed by atoms with Gasteiger partial charge in [0.05, 0.1) is 21.5 Å². The van der Waals surface area contributed by atoms with Crippen LogP contribution in [-0.4, -0.2) is 31.6 Å². The molecule has 0 aliphatic rings. The molecule has 0 fully saturated rings. The number of carbonyl (C=O) groups is 2. The maximum absolute atomic E-state index is 12.3. The Labute approximate surface area is 198 Å². The predicted molar refractivity (Wildman–Crippen MR) is 131 cm³/mol. The molecule has 0 unspecified atom stereocenters. The van der Waals surface area contributed by atoms with E-state index in [1.807, 2.05) is 43.5 Å². The average molecular weight is 476 g/mol. The second kappa shape index (κ2) is 7.99. The number of rotatable bonds is 4. The standard InChI is InChI=1S/C24H21N5O4S/c1-24(2,3)19-11-20(28-33-19)27-22(32)25-15-7-4-13(5-8-15)16-12-29-17-10-14(21(30)31)6-9-18(17)34-23(29)26-16/h4-12H,1-3H3,(H,30,31)(H2,25,27,28,32). The second-order valence-electron chi connectivity index (χ2n) is 8.85. The molecular weight excluding hydrogens is 454 g/mol. The molecule has 0 radical (unpaired) electrons. The lowest BCUT2D eigenvalue weighted by Gasteiger charge is -2.12. The summed E-state index contributed by atoms with van der Waals surface area (Å²) >= 11 is 1.49. The number of aromatic nitrogens is 3. The van der Waals surface area contributed by atoms with E-state index in [1.54, 1.807) is 36.4 Å². The molecule has 10 heteroatoms. The number of carbonyl (C=O) groups excluding carboxylic acids is 1. The van der Waals surface area contributed by atoms with Crippen LogP contribution in [0.4, 0.5) is 16.3 Å². The van der Waals surface area contributed by atoms with Crippen LogP contribution >= 0.6 is 11.3 Å². The van der Waals surface area contributed by atoms with E-state index in [0.717, 1.165) is 26.4 Å². The summed E-state index contributed by atoms with van der Waals surface area (Å²) < 4.78 is 8.14. The van der Waals surface area contributed by atoms with Crippen molar-refractivity contribution < 1.29 is 19.2 Å². The first kappa shape index (κ1) is 21.7. The Morgan fingerprint density at radius 1 is 1.06 bits per heavy atom. The SMILES string of the molecule is CC(C)(C)c1cc(NC(=O)Nc2ccc(-c3cn4c(n3)sc3ccc(C(=O)O)cc34)cc2)no1. The molecule has 34 heavy (non-hydrogen) atoms. The number of benzene rings is 2. The van der Waals surface area contributed by atoms with Gasteiger partial charge in [0.15, 0.2) is 10.8 Å². The lowest BCUT2D eigenvalue weighted by Crippen LogP contribution is -2.19. The van der Waals surface area contributed by atoms with Gasteiger partial charge in [-0.1, -0.05) is 49.4 Å². The number of hydrogen-bond acceptors (Lipinski definition) is 6. The number of carboxylic acid groups (broad SMARTS) is 1. The van der Waals surface area contributed by atoms with E-state index in [0.29, 0.717) is 17.3 Å². The number of hydrogen-bond donors (Lipinski definition) is 3. The zero-order chi connectivity index (χ0) is 24.0. The zero-order valence-corrected chi connectivity index (χ0v) is 19.4. The number of urea groups is 1. The van der Waals surface area contributed by atoms with Crippen LogP contribution in [0.1, 0.15) is 36.9 Å². The number of thiazole rings is 1. The van der Waals surface area contributed by atoms with Crippen LogP contribution in [0.25, 0.3) is 26.4 Å². The molecule has 9 nitrogen and oxygen atoms in total. The van der Waals surface area contributed by atoms with Gasteiger partial charge in [-0.3, -0.25) is 9.72 Å². The number of imidazole rings is 1. The number of carboxylic acids is 1. The molecule has 0 aliphatic carbocycles. The van der Waals surface area contributed by atoms with Crippen molar-refractivity contribution in [2.75, 3.05) is 10.6 Å². The molecule has 3 N–H and O–H groups in total. The van der Waals surface area contributed by atoms with Crippen LogP contribution < -0.4 is 10.6 Å². The van der Waals surface area contributed by atoms with Crippen molar-refractivity contribution in [3.63, 3.8) is 0 Å². The van der Waals surface area contributed by atoms with Gasteiger partial charge in [-0.2, -0.15) is 0 Å². The lowest BCUT2D eigenvalue weighted by molar-refractivity contribution is 0.0697. The minimum absolute atomic E-state index is 0.203. The molecule has 0 atom stereocenters. The summed E-state index contributed by atoms with van der Waals surface area (Å²) in [5.74, 6) is 0.0569. The Balaban J connectivity index is 1.31. The smallest absolute Gasteiger partial charge is 0.335 e. The summed E-state index contributed by atoms with van der Waals surface area (Å²) in [6.07, 6.45) is 1.88. The van der Waals surface area contributed by atoms with Crippen LogP contribution in [0.3, 0.4) is 0 Å². The normalized spacial score (nSPS) is 11.7. The molecule has 172 valence electrons. The quantitative estimate of drug-likeness (QED) is 0.300. The number of fused-ring (bicyclic) bond motifs is 3. The molecule has 2 amide bonds. The van der Waals surface area contributed by atoms with Crippen molar-refractivity contribution in [3.05, 3.63) is 66.1 Å². The van der Waals surface area contributed by atoms with Crippen molar-refractivity contribution in [2.24, 2.45) is 0 Å². The van der Waals surface area contributed by atoms with Crippen molar-refractivity contribution in [3.8, 4) is 11.3 Å². The summed E-state index contributed by atoms with van der Waals surface area (Å²) in [7, 11) is 0. The molecule has 0 bridgehead atoms. The van der Waals surface area contributed by atoms with E-state index in [1.165, 1.54) is 11.3 Å². The number of nitrogens with one attached hydrogen (secondary N) is 2. The van der Waals surface area contributed by atoms with Gasteiger partial charge in [0.1, 0.15) is 5.76 Å². The van der Waals surface area contributed by atoms with Crippen molar-refractivity contribution in [1.82, 2.24) is 14.5 Å². The number of nitrogens with zero attached hydrogens (tertiary/aromatic N) is 3. The van der Waals surface area contributed by atoms with Crippen LogP contribution in [0, 0.1) is 0 Å². The number of aromatic carboxylic acids is 1. The Morgan fingerprint density at radius 2 is 1.82 bits per heavy atom. The van der Waals surface area contributed by atoms with Gasteiger partial charge in [0.25, 0.3) is 0 Å². The molecule has 3 aromatic heterocycles. The number of amides is 2. The summed E-state index contributed by atoms with van der Waals surface area (Å²) in [4.78, 5) is 29.1. The zero-order valence-electron chi connectivity index (χ0n) is 18.6. The first-order chi connectivity index (χ1) is 16.2. The highest BCUT2D eigenvalue weighted by molar-refractivity contribution is 7.23. The van der Waals surface area contributed by atoms with Gasteiger partial charge in [0.2, 0.25) is 0 Å². The van der Waals surface area contributed by atoms with E-state index in [2.05, 4.69) is 20.8 Å². The summed E-state index contributed by atoms with van der Waals surface area (Å²) in [6, 6.07) is 13.6. The minimum Gasteiger partial charge on any atom is -0.478 e. The maximum Gasteiger partial charge on any atom is 0.335 e. The molecule has 0 spiro atoms. The first-order valence-corrected chi connectivity index (χ1v) is 11.3. The molecule has 2 aromatic carbocycles.